The summed E-state index contributed by atoms with van der Waals surface area (Å²) in [6.07, 6.45) is 7.98. The quantitative estimate of drug-likeness (QED) is 0.625. The third-order valence-electron chi connectivity index (χ3n) is 2.60. The number of hydrogen-bond donors (Lipinski definition) is 3. The Hall–Kier alpha value is -2.51. The van der Waals surface area contributed by atoms with Crippen molar-refractivity contribution in [3.8, 4) is 0 Å². The summed E-state index contributed by atoms with van der Waals surface area (Å²) < 4.78 is 0. The van der Waals surface area contributed by atoms with Crippen LogP contribution in [0.15, 0.2) is 24.8 Å². The fourth-order valence-electron chi connectivity index (χ4n) is 1.64. The molecule has 0 unspecified atom stereocenters. The lowest BCUT2D eigenvalue weighted by Gasteiger charge is -2.04. The number of hydrogen-bond acceptors (Lipinski definition) is 6. The second-order valence-corrected chi connectivity index (χ2v) is 4.19. The highest BCUT2D eigenvalue weighted by molar-refractivity contribution is 5.88. The van der Waals surface area contributed by atoms with Gasteiger partial charge >= 0.3 is 0 Å². The highest BCUT2D eigenvalue weighted by atomic mass is 16.1. The topological polar surface area (TPSA) is 108 Å². The van der Waals surface area contributed by atoms with E-state index < -0.39 is 0 Å². The molecule has 3 N–H and O–H groups in total. The number of amides is 1. The zero-order valence-electron chi connectivity index (χ0n) is 11.0. The molecular weight excluding hydrogens is 258 g/mol. The first-order chi connectivity index (χ1) is 9.84. The first-order valence-electron chi connectivity index (χ1n) is 6.51. The summed E-state index contributed by atoms with van der Waals surface area (Å²) in [7, 11) is 0. The van der Waals surface area contributed by atoms with E-state index in [1.165, 1.54) is 6.33 Å². The van der Waals surface area contributed by atoms with Crippen LogP contribution >= 0.6 is 0 Å². The number of carbonyl (C=O) groups is 1. The standard InChI is InChI=1S/C12H17N7O/c20-10(18-12-16-9-17-19-12)5-2-1-3-6-13-11-14-7-4-8-15-11/h4,7-9H,1-3,5-6H2,(H,13,14,15)(H2,16,17,18,19,20). The monoisotopic (exact) mass is 275 g/mol. The van der Waals surface area contributed by atoms with Crippen molar-refractivity contribution in [1.82, 2.24) is 25.1 Å². The van der Waals surface area contributed by atoms with E-state index in [0.717, 1.165) is 25.8 Å². The van der Waals surface area contributed by atoms with E-state index in [9.17, 15) is 4.79 Å². The summed E-state index contributed by atoms with van der Waals surface area (Å²) in [4.78, 5) is 23.5. The highest BCUT2D eigenvalue weighted by Gasteiger charge is 2.03. The van der Waals surface area contributed by atoms with E-state index in [-0.39, 0.29) is 5.91 Å². The molecule has 0 aliphatic rings. The van der Waals surface area contributed by atoms with Crippen LogP contribution in [-0.2, 0) is 4.79 Å². The molecule has 0 aliphatic heterocycles. The van der Waals surface area contributed by atoms with E-state index in [2.05, 4.69) is 35.8 Å². The molecule has 2 aromatic rings. The van der Waals surface area contributed by atoms with Gasteiger partial charge in [-0.25, -0.2) is 15.1 Å². The smallest absolute Gasteiger partial charge is 0.226 e. The Balaban J connectivity index is 1.50. The summed E-state index contributed by atoms with van der Waals surface area (Å²) in [6.45, 7) is 0.799. The lowest BCUT2D eigenvalue weighted by atomic mass is 10.2. The summed E-state index contributed by atoms with van der Waals surface area (Å²) >= 11 is 0. The predicted octanol–water partition coefficient (Wildman–Crippen LogP) is 1.21. The second-order valence-electron chi connectivity index (χ2n) is 4.19. The molecule has 8 heteroatoms. The van der Waals surface area contributed by atoms with Crippen LogP contribution in [0.2, 0.25) is 0 Å². The summed E-state index contributed by atoms with van der Waals surface area (Å²) in [6, 6.07) is 1.78. The molecule has 8 nitrogen and oxygen atoms in total. The molecule has 0 aromatic carbocycles. The number of H-pyrrole nitrogens is 1. The molecule has 0 atom stereocenters. The second kappa shape index (κ2) is 7.82. The zero-order chi connectivity index (χ0) is 14.0. The Morgan fingerprint density at radius 2 is 2.00 bits per heavy atom. The molecule has 0 radical (unpaired) electrons. The van der Waals surface area contributed by atoms with Crippen LogP contribution < -0.4 is 10.6 Å². The molecule has 0 fully saturated rings. The largest absolute Gasteiger partial charge is 0.354 e. The fourth-order valence-corrected chi connectivity index (χ4v) is 1.64. The van der Waals surface area contributed by atoms with Crippen molar-refractivity contribution in [3.05, 3.63) is 24.8 Å². The van der Waals surface area contributed by atoms with Gasteiger partial charge in [-0.05, 0) is 18.9 Å². The minimum Gasteiger partial charge on any atom is -0.354 e. The number of aromatic amines is 1. The Kier molecular flexibility index (Phi) is 5.44. The summed E-state index contributed by atoms with van der Waals surface area (Å²) in [5.41, 5.74) is 0. The van der Waals surface area contributed by atoms with Crippen molar-refractivity contribution in [3.63, 3.8) is 0 Å². The fraction of sp³-hybridized carbons (Fsp3) is 0.417. The van der Waals surface area contributed by atoms with E-state index in [4.69, 9.17) is 0 Å². The van der Waals surface area contributed by atoms with Crippen LogP contribution in [0.25, 0.3) is 0 Å². The third-order valence-corrected chi connectivity index (χ3v) is 2.60. The van der Waals surface area contributed by atoms with Gasteiger partial charge in [0.15, 0.2) is 0 Å². The number of anilines is 2. The van der Waals surface area contributed by atoms with E-state index in [0.29, 0.717) is 18.3 Å². The molecule has 2 rings (SSSR count). The van der Waals surface area contributed by atoms with Crippen LogP contribution in [0.1, 0.15) is 25.7 Å². The highest BCUT2D eigenvalue weighted by Crippen LogP contribution is 2.03. The van der Waals surface area contributed by atoms with Crippen molar-refractivity contribution >= 4 is 17.8 Å². The van der Waals surface area contributed by atoms with Gasteiger partial charge in [0.1, 0.15) is 6.33 Å². The first kappa shape index (κ1) is 13.9. The Bertz CT molecular complexity index is 500. The van der Waals surface area contributed by atoms with Gasteiger partial charge in [-0.1, -0.05) is 6.42 Å². The molecule has 0 saturated carbocycles. The summed E-state index contributed by atoms with van der Waals surface area (Å²) in [5.74, 6) is 0.967. The van der Waals surface area contributed by atoms with E-state index in [1.54, 1.807) is 18.5 Å². The van der Waals surface area contributed by atoms with Crippen molar-refractivity contribution in [2.75, 3.05) is 17.2 Å². The minimum atomic E-state index is -0.0545. The molecule has 106 valence electrons. The van der Waals surface area contributed by atoms with Crippen LogP contribution in [0.3, 0.4) is 0 Å². The molecule has 0 saturated heterocycles. The number of rotatable bonds is 8. The SMILES string of the molecule is O=C(CCCCCNc1ncccn1)Nc1ncn[nH]1. The molecule has 0 spiro atoms. The number of aromatic nitrogens is 5. The average molecular weight is 275 g/mol. The van der Waals surface area contributed by atoms with E-state index in [1.807, 2.05) is 0 Å². The van der Waals surface area contributed by atoms with Crippen molar-refractivity contribution in [2.24, 2.45) is 0 Å². The van der Waals surface area contributed by atoms with E-state index >= 15 is 0 Å². The number of unbranched alkanes of at least 4 members (excludes halogenated alkanes) is 2. The van der Waals surface area contributed by atoms with Gasteiger partial charge in [-0.2, -0.15) is 10.1 Å². The van der Waals surface area contributed by atoms with Gasteiger partial charge < -0.3 is 5.32 Å². The van der Waals surface area contributed by atoms with Gasteiger partial charge in [-0.15, -0.1) is 0 Å². The maximum Gasteiger partial charge on any atom is 0.226 e. The zero-order valence-corrected chi connectivity index (χ0v) is 11.0. The maximum atomic E-state index is 11.5. The predicted molar refractivity (Wildman–Crippen MR) is 74.0 cm³/mol. The van der Waals surface area contributed by atoms with Gasteiger partial charge in [0.2, 0.25) is 17.8 Å². The van der Waals surface area contributed by atoms with Crippen LogP contribution in [0.4, 0.5) is 11.9 Å². The van der Waals surface area contributed by atoms with Crippen molar-refractivity contribution < 1.29 is 4.79 Å². The van der Waals surface area contributed by atoms with Crippen LogP contribution in [0.5, 0.6) is 0 Å². The molecule has 1 amide bonds. The first-order valence-corrected chi connectivity index (χ1v) is 6.51. The normalized spacial score (nSPS) is 10.2. The molecule has 20 heavy (non-hydrogen) atoms. The number of carbonyl (C=O) groups excluding carboxylic acids is 1. The van der Waals surface area contributed by atoms with Gasteiger partial charge in [0.05, 0.1) is 0 Å². The molecule has 0 bridgehead atoms. The average Bonchev–Trinajstić information content (AvgIpc) is 2.96. The lowest BCUT2D eigenvalue weighted by molar-refractivity contribution is -0.116. The Labute approximate surface area is 116 Å². The van der Waals surface area contributed by atoms with Gasteiger partial charge in [0, 0.05) is 25.4 Å². The maximum absolute atomic E-state index is 11.5. The molecule has 2 aromatic heterocycles. The van der Waals surface area contributed by atoms with Crippen LogP contribution in [-0.4, -0.2) is 37.6 Å². The lowest BCUT2D eigenvalue weighted by Crippen LogP contribution is -2.12. The number of nitrogens with zero attached hydrogens (tertiary/aromatic N) is 4. The molecule has 2 heterocycles. The molecule has 0 aliphatic carbocycles. The third kappa shape index (κ3) is 5.01. The summed E-state index contributed by atoms with van der Waals surface area (Å²) in [5, 5.41) is 12.0. The minimum absolute atomic E-state index is 0.0545. The van der Waals surface area contributed by atoms with Gasteiger partial charge in [0.25, 0.3) is 0 Å². The molecular formula is C12H17N7O. The van der Waals surface area contributed by atoms with Crippen molar-refractivity contribution in [1.29, 1.82) is 0 Å². The Morgan fingerprint density at radius 1 is 1.15 bits per heavy atom. The van der Waals surface area contributed by atoms with Gasteiger partial charge in [-0.3, -0.25) is 10.1 Å². The number of nitrogens with one attached hydrogen (secondary N) is 3. The van der Waals surface area contributed by atoms with Crippen molar-refractivity contribution in [2.45, 2.75) is 25.7 Å². The van der Waals surface area contributed by atoms with Crippen LogP contribution in [0, 0.1) is 0 Å². The Morgan fingerprint density at radius 3 is 2.75 bits per heavy atom.